The van der Waals surface area contributed by atoms with Crippen LogP contribution in [0.15, 0.2) is 12.2 Å². The van der Waals surface area contributed by atoms with Crippen LogP contribution in [0.25, 0.3) is 0 Å². The summed E-state index contributed by atoms with van der Waals surface area (Å²) < 4.78 is 20.2. The van der Waals surface area contributed by atoms with Crippen molar-refractivity contribution in [3.05, 3.63) is 12.2 Å². The summed E-state index contributed by atoms with van der Waals surface area (Å²) in [5.74, 6) is -1.78. The Morgan fingerprint density at radius 3 is 2.64 bits per heavy atom. The van der Waals surface area contributed by atoms with Gasteiger partial charge in [0.05, 0.1) is 16.7 Å². The molecule has 5 heteroatoms. The lowest BCUT2D eigenvalue weighted by Crippen LogP contribution is -2.56. The van der Waals surface area contributed by atoms with Crippen molar-refractivity contribution in [1.29, 1.82) is 0 Å². The number of alkyl halides is 1. The first kappa shape index (κ1) is 16.9. The molecule has 0 N–H and O–H groups in total. The van der Waals surface area contributed by atoms with Crippen LogP contribution in [0.5, 0.6) is 0 Å². The maximum atomic E-state index is 15.2. The molecule has 0 aromatic carbocycles. The van der Waals surface area contributed by atoms with Crippen molar-refractivity contribution in [2.75, 3.05) is 0 Å². The van der Waals surface area contributed by atoms with Crippen LogP contribution < -0.4 is 0 Å². The predicted octanol–water partition coefficient (Wildman–Crippen LogP) is 3.39. The molecule has 136 valence electrons. The van der Waals surface area contributed by atoms with Crippen LogP contribution in [0, 0.1) is 34.0 Å². The van der Waals surface area contributed by atoms with E-state index in [1.54, 1.807) is 6.92 Å². The quantitative estimate of drug-likeness (QED) is 0.332. The van der Waals surface area contributed by atoms with Crippen molar-refractivity contribution in [3.63, 3.8) is 0 Å². The third-order valence-corrected chi connectivity index (χ3v) is 7.99. The number of carbonyl (C=O) groups is 3. The molecule has 0 amide bonds. The molecule has 4 rings (SSSR count). The fourth-order valence-electron chi connectivity index (χ4n) is 6.83. The Morgan fingerprint density at radius 2 is 1.96 bits per heavy atom. The average molecular weight is 348 g/mol. The number of halogens is 1. The van der Waals surface area contributed by atoms with Crippen LogP contribution in [0.4, 0.5) is 4.39 Å². The Balaban J connectivity index is 1.82. The molecule has 1 heterocycles. The number of aldehydes is 1. The van der Waals surface area contributed by atoms with Gasteiger partial charge in [0.15, 0.2) is 0 Å². The van der Waals surface area contributed by atoms with E-state index in [1.165, 1.54) is 0 Å². The highest BCUT2D eigenvalue weighted by molar-refractivity contribution is 5.99. The molecule has 2 bridgehead atoms. The van der Waals surface area contributed by atoms with Crippen LogP contribution in [-0.4, -0.2) is 24.4 Å². The minimum Gasteiger partial charge on any atom is -0.392 e. The van der Waals surface area contributed by atoms with E-state index in [-0.39, 0.29) is 11.8 Å². The maximum absolute atomic E-state index is 15.2. The Kier molecular flexibility index (Phi) is 3.39. The smallest absolute Gasteiger partial charge is 0.320 e. The summed E-state index contributed by atoms with van der Waals surface area (Å²) in [6, 6.07) is 0. The summed E-state index contributed by atoms with van der Waals surface area (Å²) in [6.07, 6.45) is 3.47. The number of ether oxygens (including phenoxy) is 1. The fourth-order valence-corrected chi connectivity index (χ4v) is 6.83. The van der Waals surface area contributed by atoms with E-state index in [2.05, 4.69) is 6.58 Å². The second-order valence-corrected chi connectivity index (χ2v) is 9.12. The Morgan fingerprint density at radius 1 is 1.24 bits per heavy atom. The Hall–Kier alpha value is -1.52. The first-order valence-corrected chi connectivity index (χ1v) is 9.26. The van der Waals surface area contributed by atoms with Crippen molar-refractivity contribution in [2.24, 2.45) is 34.0 Å². The lowest BCUT2D eigenvalue weighted by Gasteiger charge is -2.54. The fraction of sp³-hybridized carbons (Fsp3) is 0.750. The van der Waals surface area contributed by atoms with Gasteiger partial charge in [-0.15, -0.1) is 0 Å². The Labute approximate surface area is 147 Å². The molecule has 0 spiro atoms. The van der Waals surface area contributed by atoms with Gasteiger partial charge in [-0.1, -0.05) is 19.9 Å². The normalized spacial score (nSPS) is 52.0. The van der Waals surface area contributed by atoms with Crippen molar-refractivity contribution >= 4 is 18.2 Å². The number of hydrogen-bond acceptors (Lipinski definition) is 4. The monoisotopic (exact) mass is 348 g/mol. The molecule has 3 aliphatic carbocycles. The van der Waals surface area contributed by atoms with Gasteiger partial charge in [-0.2, -0.15) is 0 Å². The third-order valence-electron chi connectivity index (χ3n) is 7.99. The molecule has 25 heavy (non-hydrogen) atoms. The van der Waals surface area contributed by atoms with Gasteiger partial charge in [0, 0.05) is 0 Å². The summed E-state index contributed by atoms with van der Waals surface area (Å²) in [5.41, 5.74) is -2.05. The van der Waals surface area contributed by atoms with Crippen LogP contribution in [0.1, 0.15) is 52.4 Å². The molecule has 0 aromatic rings. The molecule has 3 saturated carbocycles. The largest absolute Gasteiger partial charge is 0.392 e. The maximum Gasteiger partial charge on any atom is 0.320 e. The highest BCUT2D eigenvalue weighted by atomic mass is 19.1. The molecule has 4 fully saturated rings. The van der Waals surface area contributed by atoms with Gasteiger partial charge < -0.3 is 9.53 Å². The number of hydrogen-bond donors (Lipinski definition) is 0. The zero-order valence-electron chi connectivity index (χ0n) is 14.8. The van der Waals surface area contributed by atoms with E-state index in [4.69, 9.17) is 4.74 Å². The lowest BCUT2D eigenvalue weighted by molar-refractivity contribution is -0.158. The molecule has 1 aliphatic heterocycles. The lowest BCUT2D eigenvalue weighted by atomic mass is 9.46. The van der Waals surface area contributed by atoms with Gasteiger partial charge in [0.2, 0.25) is 0 Å². The summed E-state index contributed by atoms with van der Waals surface area (Å²) in [4.78, 5) is 37.1. The minimum atomic E-state index is -1.36. The molecular formula is C20H25FO4. The number of esters is 2. The summed E-state index contributed by atoms with van der Waals surface area (Å²) in [7, 11) is 0. The van der Waals surface area contributed by atoms with Gasteiger partial charge >= 0.3 is 11.9 Å². The van der Waals surface area contributed by atoms with E-state index < -0.39 is 40.3 Å². The van der Waals surface area contributed by atoms with Crippen molar-refractivity contribution in [2.45, 2.75) is 58.5 Å². The van der Waals surface area contributed by atoms with Crippen LogP contribution >= 0.6 is 0 Å². The van der Waals surface area contributed by atoms with E-state index >= 15 is 4.39 Å². The van der Waals surface area contributed by atoms with Crippen molar-refractivity contribution in [3.8, 4) is 0 Å². The van der Waals surface area contributed by atoms with Crippen LogP contribution in [-0.2, 0) is 19.1 Å². The number of fused-ring (bicyclic) bond motifs is 3. The average Bonchev–Trinajstić information content (AvgIpc) is 2.92. The van der Waals surface area contributed by atoms with E-state index in [1.807, 2.05) is 6.92 Å². The highest BCUT2D eigenvalue weighted by Crippen LogP contribution is 2.67. The zero-order valence-corrected chi connectivity index (χ0v) is 14.8. The molecule has 1 saturated heterocycles. The SMILES string of the molecule is C=C1C2CCC(C3(C)CCCC4(C)C(=O)OC(=O)C43)C(C=O)(C2)C1F. The second kappa shape index (κ2) is 5.01. The van der Waals surface area contributed by atoms with Gasteiger partial charge in [-0.3, -0.25) is 9.59 Å². The second-order valence-electron chi connectivity index (χ2n) is 9.12. The topological polar surface area (TPSA) is 60.4 Å². The predicted molar refractivity (Wildman–Crippen MR) is 88.0 cm³/mol. The molecule has 7 atom stereocenters. The molecular weight excluding hydrogens is 323 g/mol. The van der Waals surface area contributed by atoms with Gasteiger partial charge in [0.25, 0.3) is 0 Å². The van der Waals surface area contributed by atoms with Gasteiger partial charge in [-0.05, 0) is 61.9 Å². The Bertz CT molecular complexity index is 687. The molecule has 7 unspecified atom stereocenters. The van der Waals surface area contributed by atoms with Gasteiger partial charge in [0.1, 0.15) is 12.5 Å². The van der Waals surface area contributed by atoms with Crippen LogP contribution in [0.2, 0.25) is 0 Å². The number of carbonyl (C=O) groups excluding carboxylic acids is 3. The number of allylic oxidation sites excluding steroid dienone is 1. The molecule has 4 aliphatic rings. The highest BCUT2D eigenvalue weighted by Gasteiger charge is 2.70. The summed E-state index contributed by atoms with van der Waals surface area (Å²) in [6.45, 7) is 7.67. The third kappa shape index (κ3) is 1.85. The summed E-state index contributed by atoms with van der Waals surface area (Å²) in [5, 5.41) is 0. The summed E-state index contributed by atoms with van der Waals surface area (Å²) >= 11 is 0. The van der Waals surface area contributed by atoms with E-state index in [0.717, 1.165) is 19.1 Å². The minimum absolute atomic E-state index is 0.0483. The van der Waals surface area contributed by atoms with Crippen LogP contribution in [0.3, 0.4) is 0 Å². The van der Waals surface area contributed by atoms with E-state index in [0.29, 0.717) is 31.3 Å². The molecule has 4 nitrogen and oxygen atoms in total. The van der Waals surface area contributed by atoms with Crippen molar-refractivity contribution < 1.29 is 23.5 Å². The molecule has 0 radical (unpaired) electrons. The van der Waals surface area contributed by atoms with Crippen molar-refractivity contribution in [1.82, 2.24) is 0 Å². The standard InChI is InChI=1S/C20H25FO4/c1-11-12-5-6-13(20(9-12,10-22)15(11)21)18(2)7-4-8-19(3)14(18)16(23)25-17(19)24/h10,12-15H,1,4-9H2,2-3H3. The number of cyclic esters (lactones) is 2. The number of rotatable bonds is 2. The first-order chi connectivity index (χ1) is 11.7. The van der Waals surface area contributed by atoms with E-state index in [9.17, 15) is 14.4 Å². The zero-order chi connectivity index (χ0) is 18.2. The molecule has 0 aromatic heterocycles. The first-order valence-electron chi connectivity index (χ1n) is 9.26. The van der Waals surface area contributed by atoms with Gasteiger partial charge in [-0.25, -0.2) is 4.39 Å².